The molecule has 13 heavy (non-hydrogen) atoms. The van der Waals surface area contributed by atoms with Crippen molar-refractivity contribution >= 4 is 44.8 Å². The third-order valence-corrected chi connectivity index (χ3v) is 5.31. The Labute approximate surface area is 90.3 Å². The van der Waals surface area contributed by atoms with E-state index < -0.39 is 0 Å². The number of hydrogen-bond acceptors (Lipinski definition) is 5. The highest BCUT2D eigenvalue weighted by molar-refractivity contribution is 8.41. The molecule has 0 saturated carbocycles. The lowest BCUT2D eigenvalue weighted by Gasteiger charge is -2.04. The average Bonchev–Trinajstić information content (AvgIpc) is 2.47. The van der Waals surface area contributed by atoms with Crippen LogP contribution in [0.25, 0.3) is 0 Å². The van der Waals surface area contributed by atoms with Gasteiger partial charge in [0, 0.05) is 16.8 Å². The highest BCUT2D eigenvalue weighted by Gasteiger charge is 2.24. The monoisotopic (exact) mass is 234 g/mol. The number of hydrogen-bond donors (Lipinski definition) is 0. The zero-order valence-corrected chi connectivity index (χ0v) is 9.69. The van der Waals surface area contributed by atoms with Gasteiger partial charge in [-0.3, -0.25) is 9.59 Å². The van der Waals surface area contributed by atoms with Crippen LogP contribution in [0.3, 0.4) is 0 Å². The van der Waals surface area contributed by atoms with Crippen molar-refractivity contribution in [1.82, 2.24) is 0 Å². The molecule has 0 aromatic carbocycles. The van der Waals surface area contributed by atoms with Crippen molar-refractivity contribution in [2.45, 2.75) is 12.2 Å². The first-order valence-electron chi connectivity index (χ1n) is 3.75. The summed E-state index contributed by atoms with van der Waals surface area (Å²) >= 11 is 3.94. The Morgan fingerprint density at radius 2 is 2.46 bits per heavy atom. The summed E-state index contributed by atoms with van der Waals surface area (Å²) in [5.41, 5.74) is 0.576. The van der Waals surface area contributed by atoms with Gasteiger partial charge in [-0.2, -0.15) is 0 Å². The van der Waals surface area contributed by atoms with Crippen LogP contribution in [0.1, 0.15) is 6.92 Å². The summed E-state index contributed by atoms with van der Waals surface area (Å²) in [5, 5.41) is 0.329. The fraction of sp³-hybridized carbons (Fsp3) is 0.500. The van der Waals surface area contributed by atoms with Crippen LogP contribution in [0, 0.1) is 0 Å². The van der Waals surface area contributed by atoms with Gasteiger partial charge in [0.15, 0.2) is 0 Å². The molecule has 0 N–H and O–H groups in total. The van der Waals surface area contributed by atoms with Crippen LogP contribution in [0.2, 0.25) is 0 Å². The Morgan fingerprint density at radius 1 is 1.77 bits per heavy atom. The maximum Gasteiger partial charge on any atom is 0.246 e. The molecule has 72 valence electrons. The van der Waals surface area contributed by atoms with Crippen molar-refractivity contribution in [3.8, 4) is 0 Å². The van der Waals surface area contributed by atoms with Crippen LogP contribution in [0.5, 0.6) is 0 Å². The molecule has 1 saturated heterocycles. The van der Waals surface area contributed by atoms with Gasteiger partial charge >= 0.3 is 0 Å². The lowest BCUT2D eigenvalue weighted by atomic mass is 10.4. The maximum atomic E-state index is 11.1. The molecule has 5 heteroatoms. The van der Waals surface area contributed by atoms with Gasteiger partial charge in [0.1, 0.15) is 0 Å². The van der Waals surface area contributed by atoms with E-state index in [4.69, 9.17) is 0 Å². The molecule has 0 aliphatic carbocycles. The molecule has 1 rings (SSSR count). The molecule has 0 aromatic rings. The summed E-state index contributed by atoms with van der Waals surface area (Å²) in [5.74, 6) is 1.55. The summed E-state index contributed by atoms with van der Waals surface area (Å²) in [6.45, 7) is 5.27. The van der Waals surface area contributed by atoms with Gasteiger partial charge in [-0.1, -0.05) is 41.9 Å². The normalized spacial score (nSPS) is 21.9. The van der Waals surface area contributed by atoms with E-state index in [0.717, 1.165) is 11.5 Å². The molecule has 0 spiro atoms. The van der Waals surface area contributed by atoms with Gasteiger partial charge in [-0.05, 0) is 12.5 Å². The molecule has 1 aliphatic rings. The third-order valence-electron chi connectivity index (χ3n) is 1.40. The minimum atomic E-state index is 0.0324. The first-order valence-corrected chi connectivity index (χ1v) is 6.60. The molecule has 1 unspecified atom stereocenters. The number of carbonyl (C=O) groups is 2. The van der Waals surface area contributed by atoms with Crippen molar-refractivity contribution in [3.63, 3.8) is 0 Å². The van der Waals surface area contributed by atoms with E-state index in [2.05, 4.69) is 6.58 Å². The van der Waals surface area contributed by atoms with Crippen LogP contribution in [-0.4, -0.2) is 26.3 Å². The van der Waals surface area contributed by atoms with Crippen molar-refractivity contribution in [2.24, 2.45) is 0 Å². The zero-order valence-electron chi connectivity index (χ0n) is 7.24. The predicted molar refractivity (Wildman–Crippen MR) is 61.5 cm³/mol. The number of carbonyl (C=O) groups excluding carboxylic acids is 2. The standard InChI is InChI=1S/C8H10O2S3/c1-5(2)7(9)11-3-6-4-12-8(10)13-6/h6H,1,3-4H2,2H3. The smallest absolute Gasteiger partial charge is 0.246 e. The van der Waals surface area contributed by atoms with Gasteiger partial charge in [-0.15, -0.1) is 0 Å². The first kappa shape index (κ1) is 11.2. The van der Waals surface area contributed by atoms with E-state index in [9.17, 15) is 9.59 Å². The van der Waals surface area contributed by atoms with E-state index in [0.29, 0.717) is 10.8 Å². The second-order valence-corrected chi connectivity index (χ2v) is 6.20. The van der Waals surface area contributed by atoms with E-state index in [-0.39, 0.29) is 9.56 Å². The molecular weight excluding hydrogens is 224 g/mol. The van der Waals surface area contributed by atoms with Crippen LogP contribution in [0.4, 0.5) is 4.79 Å². The molecule has 0 aromatic heterocycles. The third kappa shape index (κ3) is 3.79. The highest BCUT2D eigenvalue weighted by Crippen LogP contribution is 2.34. The second kappa shape index (κ2) is 5.12. The largest absolute Gasteiger partial charge is 0.282 e. The Kier molecular flexibility index (Phi) is 4.41. The van der Waals surface area contributed by atoms with E-state index >= 15 is 0 Å². The number of rotatable bonds is 3. The Hall–Kier alpha value is 0.130. The fourth-order valence-electron chi connectivity index (χ4n) is 0.739. The second-order valence-electron chi connectivity index (χ2n) is 2.68. The van der Waals surface area contributed by atoms with Gasteiger partial charge in [-0.25, -0.2) is 0 Å². The lowest BCUT2D eigenvalue weighted by Crippen LogP contribution is -2.07. The zero-order chi connectivity index (χ0) is 9.84. The van der Waals surface area contributed by atoms with Crippen LogP contribution in [-0.2, 0) is 4.79 Å². The summed E-state index contributed by atoms with van der Waals surface area (Å²) in [7, 11) is 0. The molecule has 0 radical (unpaired) electrons. The fourth-order valence-corrected chi connectivity index (χ4v) is 4.14. The highest BCUT2D eigenvalue weighted by atomic mass is 32.2. The molecule has 0 bridgehead atoms. The minimum Gasteiger partial charge on any atom is -0.282 e. The molecule has 0 amide bonds. The summed E-state index contributed by atoms with van der Waals surface area (Å²) in [6, 6.07) is 0. The maximum absolute atomic E-state index is 11.1. The van der Waals surface area contributed by atoms with E-state index in [1.807, 2.05) is 0 Å². The Balaban J connectivity index is 2.23. The molecule has 1 atom stereocenters. The van der Waals surface area contributed by atoms with Gasteiger partial charge in [0.2, 0.25) is 9.56 Å². The Morgan fingerprint density at radius 3 is 2.92 bits per heavy atom. The van der Waals surface area contributed by atoms with Crippen molar-refractivity contribution in [2.75, 3.05) is 11.5 Å². The van der Waals surface area contributed by atoms with Crippen molar-refractivity contribution < 1.29 is 9.59 Å². The summed E-state index contributed by atoms with van der Waals surface area (Å²) in [4.78, 5) is 22.0. The van der Waals surface area contributed by atoms with Crippen LogP contribution < -0.4 is 0 Å². The summed E-state index contributed by atoms with van der Waals surface area (Å²) in [6.07, 6.45) is 0. The molecule has 1 heterocycles. The molecule has 1 fully saturated rings. The van der Waals surface area contributed by atoms with Gasteiger partial charge < -0.3 is 0 Å². The first-order chi connectivity index (χ1) is 6.09. The number of thioether (sulfide) groups is 3. The topological polar surface area (TPSA) is 34.1 Å². The molecular formula is C8H10O2S3. The molecule has 1 aliphatic heterocycles. The van der Waals surface area contributed by atoms with E-state index in [1.165, 1.54) is 35.3 Å². The minimum absolute atomic E-state index is 0.0324. The van der Waals surface area contributed by atoms with Gasteiger partial charge in [0.05, 0.1) is 0 Å². The predicted octanol–water partition coefficient (Wildman–Crippen LogP) is 2.79. The molecule has 2 nitrogen and oxygen atoms in total. The SMILES string of the molecule is C=C(C)C(=O)SCC1CSC(=O)S1. The lowest BCUT2D eigenvalue weighted by molar-refractivity contribution is -0.107. The quantitative estimate of drug-likeness (QED) is 0.701. The van der Waals surface area contributed by atoms with Crippen molar-refractivity contribution in [3.05, 3.63) is 12.2 Å². The van der Waals surface area contributed by atoms with Gasteiger partial charge in [0.25, 0.3) is 0 Å². The summed E-state index contributed by atoms with van der Waals surface area (Å²) < 4.78 is 0.174. The van der Waals surface area contributed by atoms with Crippen LogP contribution in [0.15, 0.2) is 12.2 Å². The van der Waals surface area contributed by atoms with E-state index in [1.54, 1.807) is 6.92 Å². The Bertz CT molecular complexity index is 250. The van der Waals surface area contributed by atoms with Crippen LogP contribution >= 0.6 is 35.3 Å². The average molecular weight is 234 g/mol. The van der Waals surface area contributed by atoms with Crippen molar-refractivity contribution in [1.29, 1.82) is 0 Å².